The van der Waals surface area contributed by atoms with E-state index in [1.165, 1.54) is 26.4 Å². The van der Waals surface area contributed by atoms with Gasteiger partial charge in [-0.15, -0.1) is 0 Å². The molecule has 0 saturated heterocycles. The first-order chi connectivity index (χ1) is 10.0. The van der Waals surface area contributed by atoms with Crippen LogP contribution in [0, 0.1) is 10.1 Å². The first-order valence-corrected chi connectivity index (χ1v) is 5.94. The number of hydrogen-bond donors (Lipinski definition) is 2. The highest BCUT2D eigenvalue weighted by Crippen LogP contribution is 2.28. The smallest absolute Gasteiger partial charge is 0.276 e. The molecule has 2 rings (SSSR count). The second-order valence-electron chi connectivity index (χ2n) is 4.12. The maximum absolute atomic E-state index is 10.8. The van der Waals surface area contributed by atoms with Crippen LogP contribution in [-0.4, -0.2) is 24.1 Å². The third-order valence-electron chi connectivity index (χ3n) is 2.66. The van der Waals surface area contributed by atoms with E-state index in [-0.39, 0.29) is 17.3 Å². The predicted molar refractivity (Wildman–Crippen MR) is 78.1 cm³/mol. The van der Waals surface area contributed by atoms with Gasteiger partial charge in [-0.25, -0.2) is 4.98 Å². The fourth-order valence-electron chi connectivity index (χ4n) is 1.73. The molecule has 8 nitrogen and oxygen atoms in total. The number of aromatic nitrogens is 1. The van der Waals surface area contributed by atoms with Gasteiger partial charge in [-0.05, 0) is 0 Å². The number of benzene rings is 1. The molecule has 0 aliphatic rings. The number of ether oxygens (including phenoxy) is 2. The van der Waals surface area contributed by atoms with E-state index in [1.54, 1.807) is 18.2 Å². The van der Waals surface area contributed by atoms with Crippen LogP contribution < -0.4 is 20.5 Å². The number of nitro groups is 1. The van der Waals surface area contributed by atoms with E-state index in [2.05, 4.69) is 10.3 Å². The molecule has 0 aliphatic heterocycles. The number of hydrogen-bond acceptors (Lipinski definition) is 7. The first kappa shape index (κ1) is 14.4. The molecule has 0 amide bonds. The van der Waals surface area contributed by atoms with Crippen molar-refractivity contribution in [3.8, 4) is 11.5 Å². The molecular weight excluding hydrogens is 276 g/mol. The average Bonchev–Trinajstić information content (AvgIpc) is 2.46. The lowest BCUT2D eigenvalue weighted by atomic mass is 10.2. The van der Waals surface area contributed by atoms with Crippen LogP contribution in [0.25, 0.3) is 0 Å². The molecule has 1 aromatic carbocycles. The van der Waals surface area contributed by atoms with E-state index in [0.717, 1.165) is 0 Å². The van der Waals surface area contributed by atoms with E-state index in [9.17, 15) is 10.1 Å². The van der Waals surface area contributed by atoms with Crippen molar-refractivity contribution in [2.45, 2.75) is 0 Å². The maximum Gasteiger partial charge on any atom is 0.276 e. The summed E-state index contributed by atoms with van der Waals surface area (Å²) in [6.07, 6.45) is 0. The van der Waals surface area contributed by atoms with Crippen molar-refractivity contribution in [2.24, 2.45) is 0 Å². The van der Waals surface area contributed by atoms with Crippen molar-refractivity contribution in [1.82, 2.24) is 4.98 Å². The van der Waals surface area contributed by atoms with Crippen LogP contribution >= 0.6 is 0 Å². The monoisotopic (exact) mass is 290 g/mol. The van der Waals surface area contributed by atoms with Gasteiger partial charge in [0.15, 0.2) is 0 Å². The molecule has 2 aromatic rings. The Hall–Kier alpha value is -3.03. The quantitative estimate of drug-likeness (QED) is 0.641. The molecule has 0 radical (unpaired) electrons. The van der Waals surface area contributed by atoms with Gasteiger partial charge < -0.3 is 20.5 Å². The number of nitrogens with one attached hydrogen (secondary N) is 1. The Bertz CT molecular complexity index is 653. The normalized spacial score (nSPS) is 10.0. The Labute approximate surface area is 120 Å². The summed E-state index contributed by atoms with van der Waals surface area (Å²) in [4.78, 5) is 14.3. The van der Waals surface area contributed by atoms with Crippen LogP contribution in [-0.2, 0) is 0 Å². The molecule has 8 heteroatoms. The zero-order chi connectivity index (χ0) is 15.4. The highest BCUT2D eigenvalue weighted by Gasteiger charge is 2.11. The number of nitrogen functional groups attached to an aromatic ring is 1. The minimum Gasteiger partial charge on any atom is -0.497 e. The summed E-state index contributed by atoms with van der Waals surface area (Å²) in [5.41, 5.74) is 6.03. The zero-order valence-corrected chi connectivity index (χ0v) is 11.5. The Balaban J connectivity index is 2.35. The fraction of sp³-hybridized carbons (Fsp3) is 0.154. The highest BCUT2D eigenvalue weighted by molar-refractivity contribution is 5.64. The lowest BCUT2D eigenvalue weighted by molar-refractivity contribution is -0.384. The number of anilines is 3. The zero-order valence-electron chi connectivity index (χ0n) is 11.5. The molecular formula is C13H14N4O4. The molecule has 21 heavy (non-hydrogen) atoms. The lowest BCUT2D eigenvalue weighted by Gasteiger charge is -2.10. The summed E-state index contributed by atoms with van der Waals surface area (Å²) in [7, 11) is 3.06. The first-order valence-electron chi connectivity index (χ1n) is 5.94. The van der Waals surface area contributed by atoms with Crippen molar-refractivity contribution in [3.63, 3.8) is 0 Å². The molecule has 110 valence electrons. The standard InChI is InChI=1S/C13H14N4O4/c1-20-10-3-8(4-11(7-10)21-2)15-13-6-9(17(18)19)5-12(14)16-13/h3-7H,1-2H3,(H3,14,15,16). The van der Waals surface area contributed by atoms with Gasteiger partial charge in [0.25, 0.3) is 5.69 Å². The van der Waals surface area contributed by atoms with Gasteiger partial charge in [-0.3, -0.25) is 10.1 Å². The number of methoxy groups -OCH3 is 2. The van der Waals surface area contributed by atoms with Crippen LogP contribution in [0.4, 0.5) is 23.0 Å². The molecule has 0 unspecified atom stereocenters. The summed E-state index contributed by atoms with van der Waals surface area (Å²) >= 11 is 0. The Morgan fingerprint density at radius 3 is 2.29 bits per heavy atom. The van der Waals surface area contributed by atoms with Crippen molar-refractivity contribution in [3.05, 3.63) is 40.4 Å². The van der Waals surface area contributed by atoms with Crippen LogP contribution in [0.1, 0.15) is 0 Å². The SMILES string of the molecule is COc1cc(Nc2cc([N+](=O)[O-])cc(N)n2)cc(OC)c1. The minimum atomic E-state index is -0.532. The Morgan fingerprint density at radius 2 is 1.76 bits per heavy atom. The highest BCUT2D eigenvalue weighted by atomic mass is 16.6. The number of rotatable bonds is 5. The van der Waals surface area contributed by atoms with E-state index in [1.807, 2.05) is 0 Å². The van der Waals surface area contributed by atoms with Crippen LogP contribution in [0.2, 0.25) is 0 Å². The molecule has 0 spiro atoms. The van der Waals surface area contributed by atoms with E-state index >= 15 is 0 Å². The van der Waals surface area contributed by atoms with E-state index in [0.29, 0.717) is 17.2 Å². The van der Waals surface area contributed by atoms with Gasteiger partial charge in [0.2, 0.25) is 0 Å². The molecule has 0 fully saturated rings. The van der Waals surface area contributed by atoms with Gasteiger partial charge in [0.1, 0.15) is 23.1 Å². The van der Waals surface area contributed by atoms with Crippen LogP contribution in [0.5, 0.6) is 11.5 Å². The molecule has 1 heterocycles. The summed E-state index contributed by atoms with van der Waals surface area (Å²) in [5.74, 6) is 1.48. The second kappa shape index (κ2) is 5.95. The topological polar surface area (TPSA) is 113 Å². The Kier molecular flexibility index (Phi) is 4.07. The fourth-order valence-corrected chi connectivity index (χ4v) is 1.73. The number of nitrogens with two attached hydrogens (primary N) is 1. The largest absolute Gasteiger partial charge is 0.497 e. The lowest BCUT2D eigenvalue weighted by Crippen LogP contribution is -2.00. The minimum absolute atomic E-state index is 0.0570. The van der Waals surface area contributed by atoms with Gasteiger partial charge in [0.05, 0.1) is 31.3 Å². The summed E-state index contributed by atoms with van der Waals surface area (Å²) < 4.78 is 10.3. The van der Waals surface area contributed by atoms with Gasteiger partial charge in [-0.1, -0.05) is 0 Å². The van der Waals surface area contributed by atoms with E-state index in [4.69, 9.17) is 15.2 Å². The van der Waals surface area contributed by atoms with Gasteiger partial charge in [-0.2, -0.15) is 0 Å². The van der Waals surface area contributed by atoms with Gasteiger partial charge >= 0.3 is 0 Å². The molecule has 1 aromatic heterocycles. The molecule has 0 saturated carbocycles. The van der Waals surface area contributed by atoms with Gasteiger partial charge in [0, 0.05) is 23.9 Å². The molecule has 0 aliphatic carbocycles. The average molecular weight is 290 g/mol. The van der Waals surface area contributed by atoms with E-state index < -0.39 is 4.92 Å². The van der Waals surface area contributed by atoms with Crippen molar-refractivity contribution in [2.75, 3.05) is 25.3 Å². The van der Waals surface area contributed by atoms with Crippen molar-refractivity contribution >= 4 is 23.0 Å². The van der Waals surface area contributed by atoms with Crippen molar-refractivity contribution in [1.29, 1.82) is 0 Å². The number of nitrogens with zero attached hydrogens (tertiary/aromatic N) is 2. The van der Waals surface area contributed by atoms with Crippen LogP contribution in [0.3, 0.4) is 0 Å². The summed E-state index contributed by atoms with van der Waals surface area (Å²) in [6, 6.07) is 7.61. The summed E-state index contributed by atoms with van der Waals surface area (Å²) in [6.45, 7) is 0. The van der Waals surface area contributed by atoms with Crippen molar-refractivity contribution < 1.29 is 14.4 Å². The third-order valence-corrected chi connectivity index (χ3v) is 2.66. The van der Waals surface area contributed by atoms with Crippen LogP contribution in [0.15, 0.2) is 30.3 Å². The number of pyridine rings is 1. The predicted octanol–water partition coefficient (Wildman–Crippen LogP) is 2.33. The second-order valence-corrected chi connectivity index (χ2v) is 4.12. The molecule has 0 atom stereocenters. The maximum atomic E-state index is 10.8. The molecule has 3 N–H and O–H groups in total. The third kappa shape index (κ3) is 3.50. The Morgan fingerprint density at radius 1 is 1.14 bits per heavy atom. The molecule has 0 bridgehead atoms. The summed E-state index contributed by atoms with van der Waals surface area (Å²) in [5, 5.41) is 13.7.